The summed E-state index contributed by atoms with van der Waals surface area (Å²) in [6.07, 6.45) is 3.19. The van der Waals surface area contributed by atoms with Crippen LogP contribution >= 0.6 is 0 Å². The molecule has 1 atom stereocenters. The van der Waals surface area contributed by atoms with Crippen LogP contribution in [0.4, 0.5) is 20.4 Å². The van der Waals surface area contributed by atoms with Crippen molar-refractivity contribution in [2.75, 3.05) is 30.4 Å². The number of benzene rings is 1. The van der Waals surface area contributed by atoms with Gasteiger partial charge in [0.2, 0.25) is 0 Å². The number of carbonyl (C=O) groups is 1. The number of halogens is 2. The fourth-order valence-corrected chi connectivity index (χ4v) is 3.78. The van der Waals surface area contributed by atoms with Gasteiger partial charge in [-0.3, -0.25) is 0 Å². The number of nitrogens with one attached hydrogen (secondary N) is 1. The number of esters is 1. The minimum Gasteiger partial charge on any atom is -0.462 e. The zero-order chi connectivity index (χ0) is 20.5. The molecule has 3 heterocycles. The number of carbonyl (C=O) groups excluding carboxylic acids is 1. The standard InChI is InChI=1S/C20H21F2N5O2/c1-3-29-20(28)17-18(23-2)25-27-10-8-16(24-19(17)27)26-9-4-5-15(26)13-11-12(21)6-7-14(13)22/h6-8,10-11,15H,3-5,9H2,1-2H3,(H,23,25)/t15-/m1/s1. The predicted molar refractivity (Wildman–Crippen MR) is 104 cm³/mol. The Balaban J connectivity index is 1.78. The van der Waals surface area contributed by atoms with Crippen LogP contribution in [0.5, 0.6) is 0 Å². The summed E-state index contributed by atoms with van der Waals surface area (Å²) in [4.78, 5) is 19.0. The third-order valence-electron chi connectivity index (χ3n) is 5.05. The molecule has 0 spiro atoms. The van der Waals surface area contributed by atoms with Gasteiger partial charge in [0.05, 0.1) is 12.6 Å². The van der Waals surface area contributed by atoms with Crippen molar-refractivity contribution in [2.24, 2.45) is 0 Å². The number of ether oxygens (including phenoxy) is 1. The molecule has 0 bridgehead atoms. The van der Waals surface area contributed by atoms with Crippen molar-refractivity contribution in [3.05, 3.63) is 53.2 Å². The summed E-state index contributed by atoms with van der Waals surface area (Å²) < 4.78 is 34.7. The van der Waals surface area contributed by atoms with Crippen molar-refractivity contribution in [3.8, 4) is 0 Å². The highest BCUT2D eigenvalue weighted by Crippen LogP contribution is 2.37. The van der Waals surface area contributed by atoms with E-state index in [2.05, 4.69) is 15.4 Å². The second-order valence-electron chi connectivity index (χ2n) is 6.77. The summed E-state index contributed by atoms with van der Waals surface area (Å²) in [5.41, 5.74) is 0.888. The van der Waals surface area contributed by atoms with Gasteiger partial charge in [0, 0.05) is 25.4 Å². The van der Waals surface area contributed by atoms with E-state index >= 15 is 0 Å². The zero-order valence-corrected chi connectivity index (χ0v) is 16.2. The lowest BCUT2D eigenvalue weighted by molar-refractivity contribution is 0.0529. The number of nitrogens with zero attached hydrogens (tertiary/aromatic N) is 4. The van der Waals surface area contributed by atoms with E-state index in [1.165, 1.54) is 10.6 Å². The zero-order valence-electron chi connectivity index (χ0n) is 16.2. The topological polar surface area (TPSA) is 71.8 Å². The Kier molecular flexibility index (Phi) is 5.04. The molecule has 0 saturated carbocycles. The summed E-state index contributed by atoms with van der Waals surface area (Å²) in [6.45, 7) is 2.60. The molecular weight excluding hydrogens is 380 g/mol. The van der Waals surface area contributed by atoms with Gasteiger partial charge in [0.1, 0.15) is 23.0 Å². The average molecular weight is 401 g/mol. The van der Waals surface area contributed by atoms with Crippen molar-refractivity contribution >= 4 is 23.3 Å². The van der Waals surface area contributed by atoms with Gasteiger partial charge in [-0.1, -0.05) is 0 Å². The molecule has 29 heavy (non-hydrogen) atoms. The molecule has 7 nitrogen and oxygen atoms in total. The third kappa shape index (κ3) is 3.37. The minimum atomic E-state index is -0.523. The largest absolute Gasteiger partial charge is 0.462 e. The summed E-state index contributed by atoms with van der Waals surface area (Å²) in [5.74, 6) is -0.515. The number of anilines is 2. The van der Waals surface area contributed by atoms with Gasteiger partial charge in [-0.05, 0) is 44.0 Å². The Morgan fingerprint density at radius 1 is 1.34 bits per heavy atom. The van der Waals surface area contributed by atoms with Crippen LogP contribution in [0.25, 0.3) is 5.65 Å². The summed E-state index contributed by atoms with van der Waals surface area (Å²) in [7, 11) is 1.66. The Labute approximate surface area is 166 Å². The highest BCUT2D eigenvalue weighted by atomic mass is 19.1. The van der Waals surface area contributed by atoms with E-state index in [1.54, 1.807) is 26.2 Å². The van der Waals surface area contributed by atoms with E-state index in [1.807, 2.05) is 4.90 Å². The van der Waals surface area contributed by atoms with E-state index in [4.69, 9.17) is 4.74 Å². The summed E-state index contributed by atoms with van der Waals surface area (Å²) in [5, 5.41) is 7.20. The van der Waals surface area contributed by atoms with Crippen LogP contribution in [0.15, 0.2) is 30.5 Å². The van der Waals surface area contributed by atoms with Crippen molar-refractivity contribution in [1.82, 2.24) is 14.6 Å². The molecule has 1 aliphatic rings. The SMILES string of the molecule is CCOC(=O)c1c(NC)nn2ccc(N3CCC[C@@H]3c3cc(F)ccc3F)nc12. The molecule has 1 aliphatic heterocycles. The maximum absolute atomic E-state index is 14.4. The number of aromatic nitrogens is 3. The fraction of sp³-hybridized carbons (Fsp3) is 0.350. The second kappa shape index (κ2) is 7.65. The molecule has 0 radical (unpaired) electrons. The van der Waals surface area contributed by atoms with Crippen LogP contribution in [-0.4, -0.2) is 40.8 Å². The Morgan fingerprint density at radius 3 is 2.93 bits per heavy atom. The molecule has 2 aromatic heterocycles. The lowest BCUT2D eigenvalue weighted by Gasteiger charge is -2.26. The van der Waals surface area contributed by atoms with Crippen molar-refractivity contribution in [1.29, 1.82) is 0 Å². The molecule has 0 aliphatic carbocycles. The van der Waals surface area contributed by atoms with E-state index in [0.29, 0.717) is 35.8 Å². The molecule has 3 aromatic rings. The number of rotatable bonds is 5. The Morgan fingerprint density at radius 2 is 2.17 bits per heavy atom. The molecular formula is C20H21F2N5O2. The third-order valence-corrected chi connectivity index (χ3v) is 5.05. The maximum Gasteiger partial charge on any atom is 0.345 e. The molecule has 152 valence electrons. The van der Waals surface area contributed by atoms with Gasteiger partial charge in [0.15, 0.2) is 11.5 Å². The molecule has 4 rings (SSSR count). The predicted octanol–water partition coefficient (Wildman–Crippen LogP) is 3.57. The first kappa shape index (κ1) is 19.1. The van der Waals surface area contributed by atoms with Gasteiger partial charge < -0.3 is 15.0 Å². The van der Waals surface area contributed by atoms with Crippen molar-refractivity contribution in [2.45, 2.75) is 25.8 Å². The first-order valence-corrected chi connectivity index (χ1v) is 9.49. The van der Waals surface area contributed by atoms with Crippen LogP contribution in [-0.2, 0) is 4.74 Å². The van der Waals surface area contributed by atoms with E-state index in [0.717, 1.165) is 18.6 Å². The molecule has 1 aromatic carbocycles. The summed E-state index contributed by atoms with van der Waals surface area (Å²) >= 11 is 0. The summed E-state index contributed by atoms with van der Waals surface area (Å²) in [6, 6.07) is 4.91. The van der Waals surface area contributed by atoms with Gasteiger partial charge >= 0.3 is 5.97 Å². The first-order valence-electron chi connectivity index (χ1n) is 9.49. The minimum absolute atomic E-state index is 0.228. The molecule has 1 N–H and O–H groups in total. The second-order valence-corrected chi connectivity index (χ2v) is 6.77. The van der Waals surface area contributed by atoms with Crippen LogP contribution in [0.1, 0.15) is 41.7 Å². The van der Waals surface area contributed by atoms with Gasteiger partial charge in [-0.2, -0.15) is 0 Å². The van der Waals surface area contributed by atoms with Crippen molar-refractivity contribution < 1.29 is 18.3 Å². The van der Waals surface area contributed by atoms with Crippen LogP contribution in [0.2, 0.25) is 0 Å². The molecule has 0 unspecified atom stereocenters. The maximum atomic E-state index is 14.4. The van der Waals surface area contributed by atoms with Gasteiger partial charge in [-0.15, -0.1) is 5.10 Å². The number of hydrogen-bond donors (Lipinski definition) is 1. The Hall–Kier alpha value is -3.23. The van der Waals surface area contributed by atoms with E-state index in [9.17, 15) is 13.6 Å². The smallest absolute Gasteiger partial charge is 0.345 e. The molecule has 0 amide bonds. The van der Waals surface area contributed by atoms with Gasteiger partial charge in [0.25, 0.3) is 0 Å². The Bertz CT molecular complexity index is 1070. The van der Waals surface area contributed by atoms with Crippen LogP contribution in [0, 0.1) is 11.6 Å². The molecule has 1 fully saturated rings. The first-order chi connectivity index (χ1) is 14.0. The lowest BCUT2D eigenvalue weighted by atomic mass is 10.0. The van der Waals surface area contributed by atoms with E-state index < -0.39 is 17.6 Å². The monoisotopic (exact) mass is 401 g/mol. The van der Waals surface area contributed by atoms with E-state index in [-0.39, 0.29) is 18.2 Å². The van der Waals surface area contributed by atoms with Crippen molar-refractivity contribution in [3.63, 3.8) is 0 Å². The number of fused-ring (bicyclic) bond motifs is 1. The normalized spacial score (nSPS) is 16.4. The average Bonchev–Trinajstić information content (AvgIpc) is 3.33. The molecule has 9 heteroatoms. The lowest BCUT2D eigenvalue weighted by Crippen LogP contribution is -2.24. The van der Waals surface area contributed by atoms with Crippen LogP contribution in [0.3, 0.4) is 0 Å². The van der Waals surface area contributed by atoms with Gasteiger partial charge in [-0.25, -0.2) is 23.1 Å². The fourth-order valence-electron chi connectivity index (χ4n) is 3.78. The highest BCUT2D eigenvalue weighted by molar-refractivity contribution is 6.01. The highest BCUT2D eigenvalue weighted by Gasteiger charge is 2.31. The van der Waals surface area contributed by atoms with Crippen LogP contribution < -0.4 is 10.2 Å². The quantitative estimate of drug-likeness (QED) is 0.659. The molecule has 1 saturated heterocycles. The number of hydrogen-bond acceptors (Lipinski definition) is 6.